The maximum Gasteiger partial charge on any atom is 0.143 e. The van der Waals surface area contributed by atoms with E-state index in [1.807, 2.05) is 12.1 Å². The molecule has 2 aromatic heterocycles. The predicted molar refractivity (Wildman–Crippen MR) is 282 cm³/mol. The van der Waals surface area contributed by atoms with Crippen molar-refractivity contribution >= 4 is 71.6 Å². The van der Waals surface area contributed by atoms with E-state index in [1.54, 1.807) is 0 Å². The maximum absolute atomic E-state index is 6.58. The molecular weight excluding hydrogens is 813 g/mol. The number of aromatic nitrogens is 1. The first-order valence-electron chi connectivity index (χ1n) is 22.9. The fourth-order valence-electron chi connectivity index (χ4n) is 10.2. The zero-order valence-electron chi connectivity index (χ0n) is 36.6. The number of anilines is 3. The second kappa shape index (κ2) is 16.0. The first kappa shape index (κ1) is 38.5. The quantitative estimate of drug-likeness (QED) is 0.152. The van der Waals surface area contributed by atoms with Gasteiger partial charge in [-0.2, -0.15) is 0 Å². The van der Waals surface area contributed by atoms with E-state index in [1.165, 1.54) is 43.7 Å². The molecule has 13 aromatic rings. The van der Waals surface area contributed by atoms with Crippen LogP contribution in [0.25, 0.3) is 105 Å². The topological polar surface area (TPSA) is 21.3 Å². The molecule has 11 aromatic carbocycles. The van der Waals surface area contributed by atoms with Gasteiger partial charge in [-0.3, -0.25) is 0 Å². The van der Waals surface area contributed by atoms with Crippen LogP contribution in [-0.2, 0) is 0 Å². The summed E-state index contributed by atoms with van der Waals surface area (Å²) in [5, 5.41) is 7.15. The summed E-state index contributed by atoms with van der Waals surface area (Å²) in [7, 11) is 0. The van der Waals surface area contributed by atoms with Crippen molar-refractivity contribution in [1.82, 2.24) is 4.57 Å². The molecule has 0 aliphatic heterocycles. The molecule has 0 aliphatic carbocycles. The standard InChI is InChI=1S/C64H42N2O/c1-2-16-43(17-3-1)47-36-39-53(62(42-47)66-60-29-11-7-23-55(60)56-24-8-12-30-61(56)66)45-34-37-50(38-35-45)65(59-28-10-6-22-52(59)49-33-32-44-18-4-5-19-46(44)40-49)51-21-14-20-48(41-51)54-26-15-27-58-57-25-9-13-31-63(57)67-64(54)58/h1-42H. The molecule has 2 heterocycles. The Hall–Kier alpha value is -8.92. The Bertz CT molecular complexity index is 3940. The van der Waals surface area contributed by atoms with Crippen LogP contribution in [0.5, 0.6) is 0 Å². The molecule has 0 spiro atoms. The Morgan fingerprint density at radius 2 is 0.910 bits per heavy atom. The Kier molecular flexibility index (Phi) is 9.17. The molecule has 0 atom stereocenters. The molecule has 0 unspecified atom stereocenters. The molecule has 13 rings (SSSR count). The van der Waals surface area contributed by atoms with Gasteiger partial charge in [-0.05, 0) is 99.3 Å². The molecule has 0 bridgehead atoms. The number of hydrogen-bond donors (Lipinski definition) is 0. The van der Waals surface area contributed by atoms with Gasteiger partial charge in [0.25, 0.3) is 0 Å². The molecule has 3 nitrogen and oxygen atoms in total. The summed E-state index contributed by atoms with van der Waals surface area (Å²) in [4.78, 5) is 2.41. The predicted octanol–water partition coefficient (Wildman–Crippen LogP) is 18.0. The lowest BCUT2D eigenvalue weighted by Gasteiger charge is -2.28. The molecule has 0 amide bonds. The van der Waals surface area contributed by atoms with Gasteiger partial charge in [0.2, 0.25) is 0 Å². The minimum Gasteiger partial charge on any atom is -0.455 e. The molecule has 0 fully saturated rings. The largest absolute Gasteiger partial charge is 0.455 e. The summed E-state index contributed by atoms with van der Waals surface area (Å²) in [5.41, 5.74) is 17.6. The number of nitrogens with zero attached hydrogens (tertiary/aromatic N) is 2. The highest BCUT2D eigenvalue weighted by molar-refractivity contribution is 6.11. The lowest BCUT2D eigenvalue weighted by molar-refractivity contribution is 0.670. The number of hydrogen-bond acceptors (Lipinski definition) is 2. The van der Waals surface area contributed by atoms with E-state index in [2.05, 4.69) is 252 Å². The summed E-state index contributed by atoms with van der Waals surface area (Å²) in [5.74, 6) is 0. The van der Waals surface area contributed by atoms with Crippen molar-refractivity contribution in [3.63, 3.8) is 0 Å². The number of fused-ring (bicyclic) bond motifs is 7. The van der Waals surface area contributed by atoms with Crippen LogP contribution < -0.4 is 4.90 Å². The average molecular weight is 855 g/mol. The fourth-order valence-corrected chi connectivity index (χ4v) is 10.2. The van der Waals surface area contributed by atoms with Crippen LogP contribution >= 0.6 is 0 Å². The van der Waals surface area contributed by atoms with Crippen molar-refractivity contribution in [2.45, 2.75) is 0 Å². The molecule has 0 aliphatic rings. The zero-order valence-corrected chi connectivity index (χ0v) is 36.6. The number of benzene rings is 11. The van der Waals surface area contributed by atoms with Crippen molar-refractivity contribution in [2.75, 3.05) is 4.90 Å². The van der Waals surface area contributed by atoms with Crippen molar-refractivity contribution in [3.8, 4) is 50.2 Å². The zero-order chi connectivity index (χ0) is 44.3. The van der Waals surface area contributed by atoms with E-state index >= 15 is 0 Å². The number of furan rings is 1. The first-order valence-corrected chi connectivity index (χ1v) is 22.9. The minimum absolute atomic E-state index is 0.892. The monoisotopic (exact) mass is 854 g/mol. The van der Waals surface area contributed by atoms with Gasteiger partial charge < -0.3 is 13.9 Å². The van der Waals surface area contributed by atoms with Crippen molar-refractivity contribution in [1.29, 1.82) is 0 Å². The van der Waals surface area contributed by atoms with Gasteiger partial charge in [0, 0.05) is 49.6 Å². The van der Waals surface area contributed by atoms with Crippen LogP contribution in [0.3, 0.4) is 0 Å². The maximum atomic E-state index is 6.58. The summed E-state index contributed by atoms with van der Waals surface area (Å²) in [6.45, 7) is 0. The molecule has 314 valence electrons. The van der Waals surface area contributed by atoms with Crippen LogP contribution in [0.15, 0.2) is 259 Å². The Morgan fingerprint density at radius 1 is 0.313 bits per heavy atom. The van der Waals surface area contributed by atoms with Crippen LogP contribution in [0.4, 0.5) is 17.1 Å². The average Bonchev–Trinajstić information content (AvgIpc) is 3.95. The summed E-state index contributed by atoms with van der Waals surface area (Å²) in [6.07, 6.45) is 0. The van der Waals surface area contributed by atoms with Crippen LogP contribution in [0, 0.1) is 0 Å². The van der Waals surface area contributed by atoms with Gasteiger partial charge in [0.15, 0.2) is 0 Å². The lowest BCUT2D eigenvalue weighted by Crippen LogP contribution is -2.11. The molecule has 0 N–H and O–H groups in total. The van der Waals surface area contributed by atoms with Gasteiger partial charge in [0.1, 0.15) is 11.2 Å². The van der Waals surface area contributed by atoms with Gasteiger partial charge >= 0.3 is 0 Å². The van der Waals surface area contributed by atoms with Crippen molar-refractivity contribution in [2.24, 2.45) is 0 Å². The summed E-state index contributed by atoms with van der Waals surface area (Å²) < 4.78 is 9.02. The molecule has 67 heavy (non-hydrogen) atoms. The highest BCUT2D eigenvalue weighted by Gasteiger charge is 2.21. The smallest absolute Gasteiger partial charge is 0.143 e. The minimum atomic E-state index is 0.892. The van der Waals surface area contributed by atoms with Crippen molar-refractivity contribution < 1.29 is 4.42 Å². The highest BCUT2D eigenvalue weighted by atomic mass is 16.3. The normalized spacial score (nSPS) is 11.6. The molecule has 0 saturated heterocycles. The van der Waals surface area contributed by atoms with Crippen LogP contribution in [0.1, 0.15) is 0 Å². The first-order chi connectivity index (χ1) is 33.2. The van der Waals surface area contributed by atoms with Crippen LogP contribution in [0.2, 0.25) is 0 Å². The molecule has 3 heteroatoms. The molecule has 0 radical (unpaired) electrons. The third-order valence-corrected chi connectivity index (χ3v) is 13.4. The Balaban J connectivity index is 0.993. The van der Waals surface area contributed by atoms with E-state index < -0.39 is 0 Å². The van der Waals surface area contributed by atoms with Crippen molar-refractivity contribution in [3.05, 3.63) is 255 Å². The van der Waals surface area contributed by atoms with E-state index in [4.69, 9.17) is 4.42 Å². The SMILES string of the molecule is c1ccc(-c2ccc(-c3ccc(N(c4cccc(-c5cccc6c5oc5ccccc56)c4)c4ccccc4-c4ccc5ccccc5c4)cc3)c(-n3c4ccccc4c4ccccc43)c2)cc1. The summed E-state index contributed by atoms with van der Waals surface area (Å²) >= 11 is 0. The third kappa shape index (κ3) is 6.59. The lowest BCUT2D eigenvalue weighted by atomic mass is 9.96. The highest BCUT2D eigenvalue weighted by Crippen LogP contribution is 2.45. The number of rotatable bonds is 8. The van der Waals surface area contributed by atoms with E-state index in [9.17, 15) is 0 Å². The Morgan fingerprint density at radius 3 is 1.73 bits per heavy atom. The van der Waals surface area contributed by atoms with Gasteiger partial charge in [-0.25, -0.2) is 0 Å². The van der Waals surface area contributed by atoms with E-state index in [-0.39, 0.29) is 0 Å². The second-order valence-corrected chi connectivity index (χ2v) is 17.3. The van der Waals surface area contributed by atoms with Crippen LogP contribution in [-0.4, -0.2) is 4.57 Å². The molecule has 0 saturated carbocycles. The Labute approximate surface area is 388 Å². The van der Waals surface area contributed by atoms with E-state index in [0.29, 0.717) is 0 Å². The van der Waals surface area contributed by atoms with Gasteiger partial charge in [0.05, 0.1) is 22.4 Å². The molecular formula is C64H42N2O. The third-order valence-electron chi connectivity index (χ3n) is 13.4. The number of para-hydroxylation sites is 5. The van der Waals surface area contributed by atoms with Gasteiger partial charge in [-0.15, -0.1) is 0 Å². The second-order valence-electron chi connectivity index (χ2n) is 17.3. The van der Waals surface area contributed by atoms with E-state index in [0.717, 1.165) is 78.1 Å². The van der Waals surface area contributed by atoms with Gasteiger partial charge in [-0.1, -0.05) is 194 Å². The summed E-state index contributed by atoms with van der Waals surface area (Å²) in [6, 6.07) is 92.0. The fraction of sp³-hybridized carbons (Fsp3) is 0.